The lowest BCUT2D eigenvalue weighted by Gasteiger charge is -2.32. The van der Waals surface area contributed by atoms with Gasteiger partial charge >= 0.3 is 7.12 Å². The Hall–Kier alpha value is -3.20. The average molecular weight is 637 g/mol. The molecule has 0 atom stereocenters. The highest BCUT2D eigenvalue weighted by Crippen LogP contribution is 2.38. The summed E-state index contributed by atoms with van der Waals surface area (Å²) in [6.45, 7) is 11.9. The molecule has 1 fully saturated rings. The van der Waals surface area contributed by atoms with E-state index in [1.165, 1.54) is 12.1 Å². The molecule has 0 amide bonds. The van der Waals surface area contributed by atoms with Crippen LogP contribution in [0.4, 0.5) is 8.78 Å². The molecule has 1 heterocycles. The van der Waals surface area contributed by atoms with Gasteiger partial charge < -0.3 is 18.8 Å². The summed E-state index contributed by atoms with van der Waals surface area (Å²) >= 11 is 3.42. The Kier molecular flexibility index (Phi) is 9.50. The molecule has 0 unspecified atom stereocenters. The number of ether oxygens (including phenoxy) is 2. The smallest absolute Gasteiger partial charge is 0.497 e. The second-order valence-electron chi connectivity index (χ2n) is 11.3. The number of hydrogen-bond donors (Lipinski definition) is 0. The second-order valence-corrected chi connectivity index (χ2v) is 12.1. The van der Waals surface area contributed by atoms with Gasteiger partial charge in [0.2, 0.25) is 0 Å². The molecule has 5 rings (SSSR count). The highest BCUT2D eigenvalue weighted by Gasteiger charge is 2.52. The van der Waals surface area contributed by atoms with Crippen LogP contribution in [0.25, 0.3) is 22.3 Å². The molecular weight excluding hydrogens is 601 g/mol. The van der Waals surface area contributed by atoms with E-state index in [4.69, 9.17) is 18.8 Å². The van der Waals surface area contributed by atoms with Crippen molar-refractivity contribution in [2.24, 2.45) is 0 Å². The summed E-state index contributed by atoms with van der Waals surface area (Å²) in [7, 11) is 2.67. The van der Waals surface area contributed by atoms with Gasteiger partial charge in [-0.2, -0.15) is 0 Å². The summed E-state index contributed by atoms with van der Waals surface area (Å²) in [5.74, 6) is 0.960. The maximum atomic E-state index is 14.3. The lowest BCUT2D eigenvalue weighted by atomic mass is 9.76. The van der Waals surface area contributed by atoms with E-state index in [0.29, 0.717) is 16.9 Å². The zero-order valence-corrected chi connectivity index (χ0v) is 26.9. The molecule has 8 heteroatoms. The second kappa shape index (κ2) is 12.6. The van der Waals surface area contributed by atoms with Gasteiger partial charge in [0.15, 0.2) is 0 Å². The summed E-state index contributed by atoms with van der Waals surface area (Å²) in [5, 5.41) is 0. The normalized spacial score (nSPS) is 15.2. The van der Waals surface area contributed by atoms with E-state index in [2.05, 4.69) is 15.9 Å². The summed E-state index contributed by atoms with van der Waals surface area (Å²) in [6, 6.07) is 21.1. The van der Waals surface area contributed by atoms with Gasteiger partial charge in [-0.15, -0.1) is 0 Å². The molecule has 0 aromatic heterocycles. The number of benzene rings is 4. The number of rotatable bonds is 5. The zero-order chi connectivity index (χ0) is 30.8. The Morgan fingerprint density at radius 3 is 1.52 bits per heavy atom. The standard InChI is InChI=1S/C20H24BFO3.C14H12BrFO/c1-13-11-18(23-6)16(21-24-19(2,3)20(4,5)25-21)12-15(13)14-9-7-8-10-17(14)22;1-9-7-14(17-2)12(15)8-11(9)10-5-3-4-6-13(10)16/h7-12H,1-6H3;3-8H,1-2H3. The van der Waals surface area contributed by atoms with Crippen molar-refractivity contribution in [2.45, 2.75) is 52.7 Å². The van der Waals surface area contributed by atoms with Crippen molar-refractivity contribution in [1.29, 1.82) is 0 Å². The molecule has 0 radical (unpaired) electrons. The van der Waals surface area contributed by atoms with E-state index < -0.39 is 18.3 Å². The topological polar surface area (TPSA) is 36.9 Å². The van der Waals surface area contributed by atoms with Gasteiger partial charge in [0.25, 0.3) is 0 Å². The lowest BCUT2D eigenvalue weighted by molar-refractivity contribution is 0.00578. The molecule has 4 aromatic rings. The van der Waals surface area contributed by atoms with Crippen LogP contribution < -0.4 is 14.9 Å². The van der Waals surface area contributed by atoms with Crippen molar-refractivity contribution in [1.82, 2.24) is 0 Å². The van der Waals surface area contributed by atoms with E-state index in [9.17, 15) is 8.78 Å². The third-order valence-electron chi connectivity index (χ3n) is 7.91. The van der Waals surface area contributed by atoms with Gasteiger partial charge in [-0.3, -0.25) is 0 Å². The van der Waals surface area contributed by atoms with Crippen LogP contribution in [0, 0.1) is 25.5 Å². The zero-order valence-electron chi connectivity index (χ0n) is 25.3. The molecule has 0 aliphatic carbocycles. The number of aryl methyl sites for hydroxylation is 2. The highest BCUT2D eigenvalue weighted by molar-refractivity contribution is 9.10. The fourth-order valence-electron chi connectivity index (χ4n) is 4.78. The van der Waals surface area contributed by atoms with Crippen molar-refractivity contribution in [2.75, 3.05) is 14.2 Å². The predicted molar refractivity (Wildman–Crippen MR) is 170 cm³/mol. The van der Waals surface area contributed by atoms with Gasteiger partial charge in [-0.25, -0.2) is 8.78 Å². The van der Waals surface area contributed by atoms with Crippen LogP contribution >= 0.6 is 15.9 Å². The first-order valence-electron chi connectivity index (χ1n) is 13.7. The Bertz CT molecular complexity index is 1570. The van der Waals surface area contributed by atoms with E-state index >= 15 is 0 Å². The van der Waals surface area contributed by atoms with Crippen molar-refractivity contribution in [3.63, 3.8) is 0 Å². The van der Waals surface area contributed by atoms with Crippen molar-refractivity contribution >= 4 is 28.5 Å². The van der Waals surface area contributed by atoms with Crippen molar-refractivity contribution < 1.29 is 27.6 Å². The van der Waals surface area contributed by atoms with Gasteiger partial charge in [-0.05, 0) is 110 Å². The monoisotopic (exact) mass is 636 g/mol. The number of halogens is 3. The van der Waals surface area contributed by atoms with Gasteiger partial charge in [0.05, 0.1) is 29.9 Å². The summed E-state index contributed by atoms with van der Waals surface area (Å²) in [5.41, 5.74) is 4.62. The minimum absolute atomic E-state index is 0.215. The Morgan fingerprint density at radius 2 is 1.07 bits per heavy atom. The Balaban J connectivity index is 0.000000208. The van der Waals surface area contributed by atoms with Crippen LogP contribution in [0.1, 0.15) is 38.8 Å². The van der Waals surface area contributed by atoms with Crippen LogP contribution in [0.3, 0.4) is 0 Å². The third-order valence-corrected chi connectivity index (χ3v) is 8.53. The molecular formula is C34H36BBrF2O4. The third kappa shape index (κ3) is 6.41. The SMILES string of the molecule is COc1cc(C)c(-c2ccccc2F)cc1B1OC(C)(C)C(C)(C)O1.COc1cc(C)c(-c2ccccc2F)cc1Br. The summed E-state index contributed by atoms with van der Waals surface area (Å²) in [4.78, 5) is 0. The molecule has 1 aliphatic heterocycles. The maximum Gasteiger partial charge on any atom is 0.498 e. The highest BCUT2D eigenvalue weighted by atomic mass is 79.9. The van der Waals surface area contributed by atoms with Crippen molar-refractivity contribution in [3.05, 3.63) is 100 Å². The van der Waals surface area contributed by atoms with Crippen LogP contribution in [-0.2, 0) is 9.31 Å². The molecule has 0 saturated carbocycles. The van der Waals surface area contributed by atoms with E-state index in [1.54, 1.807) is 38.5 Å². The number of methoxy groups -OCH3 is 2. The van der Waals surface area contributed by atoms with E-state index in [0.717, 1.165) is 37.9 Å². The van der Waals surface area contributed by atoms with Gasteiger partial charge in [0, 0.05) is 16.6 Å². The van der Waals surface area contributed by atoms with Crippen LogP contribution in [0.5, 0.6) is 11.5 Å². The van der Waals surface area contributed by atoms with Crippen molar-refractivity contribution in [3.8, 4) is 33.8 Å². The molecule has 4 aromatic carbocycles. The minimum Gasteiger partial charge on any atom is -0.497 e. The first-order valence-corrected chi connectivity index (χ1v) is 14.5. The molecule has 0 spiro atoms. The predicted octanol–water partition coefficient (Wildman–Crippen LogP) is 8.68. The first-order chi connectivity index (χ1) is 19.8. The Labute approximate surface area is 256 Å². The molecule has 0 N–H and O–H groups in total. The quantitative estimate of drug-likeness (QED) is 0.205. The fraction of sp³-hybridized carbons (Fsp3) is 0.294. The molecule has 1 aliphatic rings. The van der Waals surface area contributed by atoms with E-state index in [-0.39, 0.29) is 11.6 Å². The summed E-state index contributed by atoms with van der Waals surface area (Å²) in [6.07, 6.45) is 0. The lowest BCUT2D eigenvalue weighted by Crippen LogP contribution is -2.41. The van der Waals surface area contributed by atoms with Crippen LogP contribution in [-0.4, -0.2) is 32.5 Å². The molecule has 42 heavy (non-hydrogen) atoms. The fourth-order valence-corrected chi connectivity index (χ4v) is 5.29. The largest absolute Gasteiger partial charge is 0.498 e. The van der Waals surface area contributed by atoms with Crippen LogP contribution in [0.2, 0.25) is 0 Å². The molecule has 0 bridgehead atoms. The molecule has 1 saturated heterocycles. The maximum absolute atomic E-state index is 14.3. The number of hydrogen-bond acceptors (Lipinski definition) is 4. The van der Waals surface area contributed by atoms with Gasteiger partial charge in [0.1, 0.15) is 23.1 Å². The average Bonchev–Trinajstić information content (AvgIpc) is 3.17. The molecule has 220 valence electrons. The first kappa shape index (κ1) is 31.7. The molecule has 4 nitrogen and oxygen atoms in total. The minimum atomic E-state index is -0.564. The van der Waals surface area contributed by atoms with E-state index in [1.807, 2.05) is 77.9 Å². The Morgan fingerprint density at radius 1 is 0.643 bits per heavy atom. The van der Waals surface area contributed by atoms with Crippen LogP contribution in [0.15, 0.2) is 77.3 Å². The summed E-state index contributed by atoms with van der Waals surface area (Å²) < 4.78 is 51.9. The van der Waals surface area contributed by atoms with Gasteiger partial charge in [-0.1, -0.05) is 42.5 Å².